The number of rotatable bonds is 0. The Morgan fingerprint density at radius 2 is 1.40 bits per heavy atom. The van der Waals surface area contributed by atoms with E-state index in [1.54, 1.807) is 0 Å². The smallest absolute Gasteiger partial charge is 0 e. The van der Waals surface area contributed by atoms with E-state index in [0.29, 0.717) is 0 Å². The van der Waals surface area contributed by atoms with Crippen LogP contribution >= 0.6 is 0 Å². The Morgan fingerprint density at radius 3 is 1.40 bits per heavy atom. The van der Waals surface area contributed by atoms with E-state index in [0.717, 1.165) is 6.04 Å². The Morgan fingerprint density at radius 1 is 1.40 bits per heavy atom. The van der Waals surface area contributed by atoms with Gasteiger partial charge in [-0.2, -0.15) is 13.8 Å². The zero-order valence-electron chi connectivity index (χ0n) is 3.49. The molecule has 0 aliphatic heterocycles. The summed E-state index contributed by atoms with van der Waals surface area (Å²) < 4.78 is 0. The SMILES string of the molecule is C[C-](C)N.[W]. The molecule has 2 N–H and O–H groups in total. The van der Waals surface area contributed by atoms with Crippen molar-refractivity contribution < 1.29 is 21.1 Å². The fourth-order valence-corrected chi connectivity index (χ4v) is 0. The summed E-state index contributed by atoms with van der Waals surface area (Å²) in [5.74, 6) is 0. The molecule has 32 valence electrons. The average molecular weight is 242 g/mol. The molecule has 0 spiro atoms. The molecule has 0 aromatic rings. The minimum absolute atomic E-state index is 0. The van der Waals surface area contributed by atoms with E-state index in [2.05, 4.69) is 0 Å². The molecule has 0 saturated heterocycles. The van der Waals surface area contributed by atoms with Crippen molar-refractivity contribution in [1.82, 2.24) is 0 Å². The molecule has 0 aliphatic rings. The van der Waals surface area contributed by atoms with Gasteiger partial charge in [0.1, 0.15) is 0 Å². The van der Waals surface area contributed by atoms with Gasteiger partial charge in [-0.3, -0.25) is 6.04 Å². The van der Waals surface area contributed by atoms with Crippen LogP contribution in [0.15, 0.2) is 0 Å². The molecule has 0 rings (SSSR count). The van der Waals surface area contributed by atoms with Crippen molar-refractivity contribution in [1.29, 1.82) is 0 Å². The van der Waals surface area contributed by atoms with Gasteiger partial charge in [0, 0.05) is 21.1 Å². The molecule has 0 aliphatic carbocycles. The molecule has 0 radical (unpaired) electrons. The molecule has 0 amide bonds. The first-order chi connectivity index (χ1) is 1.73. The van der Waals surface area contributed by atoms with Crippen LogP contribution < -0.4 is 5.73 Å². The topological polar surface area (TPSA) is 26.0 Å². The van der Waals surface area contributed by atoms with Gasteiger partial charge in [-0.05, 0) is 0 Å². The third-order valence-electron chi connectivity index (χ3n) is 0. The van der Waals surface area contributed by atoms with Crippen LogP contribution in [0.1, 0.15) is 13.8 Å². The number of hydrogen-bond acceptors (Lipinski definition) is 1. The van der Waals surface area contributed by atoms with Crippen LogP contribution in [-0.4, -0.2) is 0 Å². The summed E-state index contributed by atoms with van der Waals surface area (Å²) in [5, 5.41) is 0. The van der Waals surface area contributed by atoms with Crippen LogP contribution in [0.5, 0.6) is 0 Å². The Balaban J connectivity index is 0. The molecule has 0 aromatic heterocycles. The fraction of sp³-hybridized carbons (Fsp3) is 0.667. The molecule has 0 fully saturated rings. The second-order valence-electron chi connectivity index (χ2n) is 1.08. The molecular formula is C3H8NW-. The van der Waals surface area contributed by atoms with Gasteiger partial charge in [-0.15, -0.1) is 0 Å². The molecule has 0 aromatic carbocycles. The van der Waals surface area contributed by atoms with E-state index in [-0.39, 0.29) is 21.1 Å². The number of nitrogens with two attached hydrogens (primary N) is 1. The average Bonchev–Trinajstić information content (AvgIpc) is 0.811. The molecule has 0 atom stereocenters. The maximum absolute atomic E-state index is 5.03. The first-order valence-electron chi connectivity index (χ1n) is 1.29. The molecule has 5 heavy (non-hydrogen) atoms. The summed E-state index contributed by atoms with van der Waals surface area (Å²) in [5.41, 5.74) is 5.03. The summed E-state index contributed by atoms with van der Waals surface area (Å²) in [6, 6.07) is 0.917. The molecule has 0 heterocycles. The minimum Gasteiger partial charge on any atom is -0.481 e. The Hall–Kier alpha value is 0.648. The standard InChI is InChI=1S/C3H8N.W/c1-3(2)4;/h4H2,1-2H3;/q-1;. The Labute approximate surface area is 47.2 Å². The van der Waals surface area contributed by atoms with Crippen LogP contribution in [0.4, 0.5) is 0 Å². The van der Waals surface area contributed by atoms with Gasteiger partial charge in [-0.1, -0.05) is 0 Å². The predicted octanol–water partition coefficient (Wildman–Crippen LogP) is 0.514. The summed E-state index contributed by atoms with van der Waals surface area (Å²) in [4.78, 5) is 0. The first-order valence-corrected chi connectivity index (χ1v) is 1.29. The monoisotopic (exact) mass is 242 g/mol. The molecule has 0 unspecified atom stereocenters. The van der Waals surface area contributed by atoms with Gasteiger partial charge in [0.15, 0.2) is 0 Å². The third kappa shape index (κ3) is 77.6. The Kier molecular flexibility index (Phi) is 8.52. The fourth-order valence-electron chi connectivity index (χ4n) is 0. The van der Waals surface area contributed by atoms with Crippen LogP contribution in [0, 0.1) is 6.04 Å². The van der Waals surface area contributed by atoms with Gasteiger partial charge in [0.2, 0.25) is 0 Å². The van der Waals surface area contributed by atoms with Crippen molar-refractivity contribution in [3.63, 3.8) is 0 Å². The summed E-state index contributed by atoms with van der Waals surface area (Å²) in [7, 11) is 0. The molecular weight excluding hydrogens is 234 g/mol. The van der Waals surface area contributed by atoms with Crippen molar-refractivity contribution in [2.45, 2.75) is 13.8 Å². The number of hydrogen-bond donors (Lipinski definition) is 1. The van der Waals surface area contributed by atoms with Gasteiger partial charge < -0.3 is 5.73 Å². The van der Waals surface area contributed by atoms with Crippen LogP contribution in [-0.2, 0) is 21.1 Å². The Bertz CT molecular complexity index is 11.6. The van der Waals surface area contributed by atoms with E-state index in [1.807, 2.05) is 13.8 Å². The van der Waals surface area contributed by atoms with Crippen LogP contribution in [0.3, 0.4) is 0 Å². The summed E-state index contributed by atoms with van der Waals surface area (Å²) in [6.45, 7) is 3.72. The summed E-state index contributed by atoms with van der Waals surface area (Å²) in [6.07, 6.45) is 0. The zero-order chi connectivity index (χ0) is 3.58. The molecule has 0 bridgehead atoms. The maximum atomic E-state index is 5.03. The van der Waals surface area contributed by atoms with Gasteiger partial charge >= 0.3 is 0 Å². The van der Waals surface area contributed by atoms with E-state index in [1.165, 1.54) is 0 Å². The maximum Gasteiger partial charge on any atom is 0 e. The van der Waals surface area contributed by atoms with E-state index in [4.69, 9.17) is 5.73 Å². The van der Waals surface area contributed by atoms with E-state index >= 15 is 0 Å². The van der Waals surface area contributed by atoms with Crippen molar-refractivity contribution in [2.24, 2.45) is 5.73 Å². The molecule has 0 saturated carbocycles. The van der Waals surface area contributed by atoms with Crippen molar-refractivity contribution in [2.75, 3.05) is 0 Å². The third-order valence-corrected chi connectivity index (χ3v) is 0. The van der Waals surface area contributed by atoms with Gasteiger partial charge in [0.25, 0.3) is 0 Å². The van der Waals surface area contributed by atoms with Gasteiger partial charge in [-0.25, -0.2) is 0 Å². The normalized spacial score (nSPS) is 7.20. The van der Waals surface area contributed by atoms with E-state index < -0.39 is 0 Å². The second-order valence-corrected chi connectivity index (χ2v) is 1.08. The van der Waals surface area contributed by atoms with Crippen LogP contribution in [0.25, 0.3) is 0 Å². The first kappa shape index (κ1) is 9.17. The van der Waals surface area contributed by atoms with E-state index in [9.17, 15) is 0 Å². The van der Waals surface area contributed by atoms with Crippen molar-refractivity contribution in [3.8, 4) is 0 Å². The largest absolute Gasteiger partial charge is 0.481 e. The van der Waals surface area contributed by atoms with Crippen LogP contribution in [0.2, 0.25) is 0 Å². The summed E-state index contributed by atoms with van der Waals surface area (Å²) >= 11 is 0. The zero-order valence-corrected chi connectivity index (χ0v) is 6.42. The second kappa shape index (κ2) is 4.65. The molecule has 1 nitrogen and oxygen atoms in total. The predicted molar refractivity (Wildman–Crippen MR) is 18.8 cm³/mol. The van der Waals surface area contributed by atoms with Gasteiger partial charge in [0.05, 0.1) is 0 Å². The van der Waals surface area contributed by atoms with Crippen molar-refractivity contribution >= 4 is 0 Å². The minimum atomic E-state index is 0. The quantitative estimate of drug-likeness (QED) is 0.615. The van der Waals surface area contributed by atoms with Crippen molar-refractivity contribution in [3.05, 3.63) is 6.04 Å². The molecule has 2 heteroatoms.